The molecule has 0 aliphatic rings. The zero-order valence-corrected chi connectivity index (χ0v) is 9.12. The Morgan fingerprint density at radius 3 is 3.00 bits per heavy atom. The molecule has 0 radical (unpaired) electrons. The van der Waals surface area contributed by atoms with Crippen molar-refractivity contribution in [2.75, 3.05) is 5.73 Å². The molecule has 0 aromatic carbocycles. The van der Waals surface area contributed by atoms with E-state index in [1.54, 1.807) is 24.1 Å². The van der Waals surface area contributed by atoms with E-state index in [0.717, 1.165) is 16.5 Å². The summed E-state index contributed by atoms with van der Waals surface area (Å²) in [6.07, 6.45) is 1.66. The van der Waals surface area contributed by atoms with Gasteiger partial charge in [0, 0.05) is 6.07 Å². The van der Waals surface area contributed by atoms with Crippen LogP contribution in [0.5, 0.6) is 0 Å². The Labute approximate surface area is 91.9 Å². The zero-order chi connectivity index (χ0) is 10.7. The Morgan fingerprint density at radius 1 is 1.47 bits per heavy atom. The number of anilines is 1. The van der Waals surface area contributed by atoms with Crippen LogP contribution in [-0.4, -0.2) is 9.97 Å². The fourth-order valence-electron chi connectivity index (χ4n) is 1.18. The number of nitrogens with zero attached hydrogens (tertiary/aromatic N) is 2. The number of aryl methyl sites for hydroxylation is 1. The van der Waals surface area contributed by atoms with Crippen LogP contribution >= 0.6 is 11.8 Å². The fourth-order valence-corrected chi connectivity index (χ4v) is 2.03. The third kappa shape index (κ3) is 2.73. The second-order valence-electron chi connectivity index (χ2n) is 3.05. The number of furan rings is 1. The number of rotatable bonds is 3. The number of hydrogen-bond acceptors (Lipinski definition) is 5. The van der Waals surface area contributed by atoms with Gasteiger partial charge in [-0.05, 0) is 19.1 Å². The zero-order valence-electron chi connectivity index (χ0n) is 8.30. The summed E-state index contributed by atoms with van der Waals surface area (Å²) in [7, 11) is 0. The fraction of sp³-hybridized carbons (Fsp3) is 0.200. The lowest BCUT2D eigenvalue weighted by molar-refractivity contribution is 0.530. The van der Waals surface area contributed by atoms with Crippen LogP contribution in [0.4, 0.5) is 5.82 Å². The first kappa shape index (κ1) is 10.0. The maximum Gasteiger partial charge on any atom is 0.128 e. The predicted octanol–water partition coefficient (Wildman–Crippen LogP) is 2.25. The van der Waals surface area contributed by atoms with E-state index in [1.165, 1.54) is 0 Å². The van der Waals surface area contributed by atoms with Crippen molar-refractivity contribution in [1.82, 2.24) is 9.97 Å². The highest BCUT2D eigenvalue weighted by Crippen LogP contribution is 2.22. The standard InChI is InChI=1S/C10H11N3OS/c1-7-12-9(11)5-10(13-7)15-6-8-3-2-4-14-8/h2-5H,6H2,1H3,(H2,11,12,13). The highest BCUT2D eigenvalue weighted by atomic mass is 32.2. The molecule has 4 nitrogen and oxygen atoms in total. The van der Waals surface area contributed by atoms with Crippen molar-refractivity contribution < 1.29 is 4.42 Å². The lowest BCUT2D eigenvalue weighted by Crippen LogP contribution is -1.96. The van der Waals surface area contributed by atoms with E-state index in [1.807, 2.05) is 19.1 Å². The minimum Gasteiger partial charge on any atom is -0.468 e. The Morgan fingerprint density at radius 2 is 2.33 bits per heavy atom. The summed E-state index contributed by atoms with van der Waals surface area (Å²) in [4.78, 5) is 8.27. The Kier molecular flexibility index (Phi) is 2.91. The highest BCUT2D eigenvalue weighted by Gasteiger charge is 2.02. The van der Waals surface area contributed by atoms with Gasteiger partial charge in [-0.2, -0.15) is 0 Å². The summed E-state index contributed by atoms with van der Waals surface area (Å²) in [5.74, 6) is 2.87. The van der Waals surface area contributed by atoms with Crippen LogP contribution in [0.2, 0.25) is 0 Å². The molecular weight excluding hydrogens is 210 g/mol. The molecule has 2 rings (SSSR count). The Bertz CT molecular complexity index is 422. The first-order chi connectivity index (χ1) is 7.24. The Hall–Kier alpha value is -1.49. The molecular formula is C10H11N3OS. The van der Waals surface area contributed by atoms with Gasteiger partial charge in [-0.15, -0.1) is 0 Å². The van der Waals surface area contributed by atoms with Crippen molar-refractivity contribution in [2.24, 2.45) is 0 Å². The van der Waals surface area contributed by atoms with Crippen molar-refractivity contribution in [3.63, 3.8) is 0 Å². The van der Waals surface area contributed by atoms with E-state index >= 15 is 0 Å². The summed E-state index contributed by atoms with van der Waals surface area (Å²) in [6, 6.07) is 5.57. The molecule has 2 aromatic heterocycles. The minimum absolute atomic E-state index is 0.504. The quantitative estimate of drug-likeness (QED) is 0.636. The molecule has 5 heteroatoms. The van der Waals surface area contributed by atoms with Crippen LogP contribution < -0.4 is 5.73 Å². The number of hydrogen-bond donors (Lipinski definition) is 1. The van der Waals surface area contributed by atoms with Crippen LogP contribution in [0, 0.1) is 6.92 Å². The summed E-state index contributed by atoms with van der Waals surface area (Å²) in [5, 5.41) is 0.872. The van der Waals surface area contributed by atoms with Crippen LogP contribution in [0.3, 0.4) is 0 Å². The van der Waals surface area contributed by atoms with E-state index < -0.39 is 0 Å². The molecule has 0 saturated heterocycles. The summed E-state index contributed by atoms with van der Waals surface area (Å²) >= 11 is 1.58. The van der Waals surface area contributed by atoms with Gasteiger partial charge in [-0.1, -0.05) is 11.8 Å². The molecule has 0 saturated carbocycles. The van der Waals surface area contributed by atoms with Crippen LogP contribution in [-0.2, 0) is 5.75 Å². The average molecular weight is 221 g/mol. The van der Waals surface area contributed by atoms with Gasteiger partial charge < -0.3 is 10.2 Å². The summed E-state index contributed by atoms with van der Waals surface area (Å²) in [5.41, 5.74) is 5.62. The monoisotopic (exact) mass is 221 g/mol. The predicted molar refractivity (Wildman–Crippen MR) is 59.5 cm³/mol. The molecule has 0 bridgehead atoms. The number of aromatic nitrogens is 2. The lowest BCUT2D eigenvalue weighted by Gasteiger charge is -2.01. The maximum atomic E-state index is 5.62. The number of nitrogen functional groups attached to an aromatic ring is 1. The average Bonchev–Trinajstić information content (AvgIpc) is 2.65. The normalized spacial score (nSPS) is 10.5. The van der Waals surface area contributed by atoms with Crippen molar-refractivity contribution in [3.05, 3.63) is 36.0 Å². The van der Waals surface area contributed by atoms with E-state index in [-0.39, 0.29) is 0 Å². The second kappa shape index (κ2) is 4.35. The van der Waals surface area contributed by atoms with Gasteiger partial charge in [0.15, 0.2) is 0 Å². The highest BCUT2D eigenvalue weighted by molar-refractivity contribution is 7.98. The maximum absolute atomic E-state index is 5.62. The van der Waals surface area contributed by atoms with Gasteiger partial charge in [-0.3, -0.25) is 0 Å². The molecule has 2 N–H and O–H groups in total. The molecule has 0 atom stereocenters. The van der Waals surface area contributed by atoms with Gasteiger partial charge in [0.25, 0.3) is 0 Å². The third-order valence-electron chi connectivity index (χ3n) is 1.78. The molecule has 0 aliphatic heterocycles. The topological polar surface area (TPSA) is 64.9 Å². The first-order valence-corrected chi connectivity index (χ1v) is 5.49. The lowest BCUT2D eigenvalue weighted by atomic mass is 10.5. The van der Waals surface area contributed by atoms with Crippen molar-refractivity contribution >= 4 is 17.6 Å². The minimum atomic E-state index is 0.504. The van der Waals surface area contributed by atoms with Crippen molar-refractivity contribution in [1.29, 1.82) is 0 Å². The van der Waals surface area contributed by atoms with Gasteiger partial charge in [0.1, 0.15) is 22.4 Å². The Balaban J connectivity index is 2.05. The van der Waals surface area contributed by atoms with Gasteiger partial charge in [-0.25, -0.2) is 9.97 Å². The molecule has 78 valence electrons. The molecule has 2 heterocycles. The van der Waals surface area contributed by atoms with E-state index in [0.29, 0.717) is 11.6 Å². The number of nitrogens with two attached hydrogens (primary N) is 1. The molecule has 0 aliphatic carbocycles. The molecule has 0 spiro atoms. The van der Waals surface area contributed by atoms with E-state index in [9.17, 15) is 0 Å². The van der Waals surface area contributed by atoms with Crippen molar-refractivity contribution in [2.45, 2.75) is 17.7 Å². The summed E-state index contributed by atoms with van der Waals surface area (Å²) < 4.78 is 5.22. The van der Waals surface area contributed by atoms with E-state index in [2.05, 4.69) is 9.97 Å². The summed E-state index contributed by atoms with van der Waals surface area (Å²) in [6.45, 7) is 1.83. The second-order valence-corrected chi connectivity index (χ2v) is 4.04. The molecule has 15 heavy (non-hydrogen) atoms. The smallest absolute Gasteiger partial charge is 0.128 e. The van der Waals surface area contributed by atoms with E-state index in [4.69, 9.17) is 10.2 Å². The van der Waals surface area contributed by atoms with Gasteiger partial charge in [0.05, 0.1) is 12.0 Å². The van der Waals surface area contributed by atoms with Gasteiger partial charge >= 0.3 is 0 Å². The van der Waals surface area contributed by atoms with Crippen LogP contribution in [0.1, 0.15) is 11.6 Å². The van der Waals surface area contributed by atoms with Crippen LogP contribution in [0.25, 0.3) is 0 Å². The SMILES string of the molecule is Cc1nc(N)cc(SCc2ccco2)n1. The largest absolute Gasteiger partial charge is 0.468 e. The molecule has 0 amide bonds. The van der Waals surface area contributed by atoms with Gasteiger partial charge in [0.2, 0.25) is 0 Å². The third-order valence-corrected chi connectivity index (χ3v) is 2.71. The number of thioether (sulfide) groups is 1. The van der Waals surface area contributed by atoms with Crippen molar-refractivity contribution in [3.8, 4) is 0 Å². The van der Waals surface area contributed by atoms with Crippen LogP contribution in [0.15, 0.2) is 33.9 Å². The molecule has 0 fully saturated rings. The molecule has 2 aromatic rings. The first-order valence-electron chi connectivity index (χ1n) is 4.50. The molecule has 0 unspecified atom stereocenters.